The number of hydrogen-bond acceptors (Lipinski definition) is 3. The summed E-state index contributed by atoms with van der Waals surface area (Å²) in [7, 11) is 2.30. The fourth-order valence-electron chi connectivity index (χ4n) is 5.06. The quantitative estimate of drug-likeness (QED) is 0.821. The maximum absolute atomic E-state index is 4.75. The first-order valence-electron chi connectivity index (χ1n) is 9.99. The molecule has 1 spiro atoms. The maximum Gasteiger partial charge on any atom is 0.0641 e. The van der Waals surface area contributed by atoms with Crippen LogP contribution in [0.15, 0.2) is 0 Å². The fourth-order valence-corrected chi connectivity index (χ4v) is 5.06. The molecule has 24 heavy (non-hydrogen) atoms. The van der Waals surface area contributed by atoms with E-state index in [-0.39, 0.29) is 0 Å². The molecular formula is C20H36N4. The van der Waals surface area contributed by atoms with Gasteiger partial charge in [-0.25, -0.2) is 0 Å². The average molecular weight is 333 g/mol. The highest BCUT2D eigenvalue weighted by molar-refractivity contribution is 5.25. The van der Waals surface area contributed by atoms with Gasteiger partial charge in [-0.2, -0.15) is 5.10 Å². The minimum absolute atomic E-state index is 0.444. The van der Waals surface area contributed by atoms with E-state index in [1.165, 1.54) is 62.0 Å². The Kier molecular flexibility index (Phi) is 5.36. The van der Waals surface area contributed by atoms with E-state index in [0.717, 1.165) is 25.7 Å². The number of likely N-dealkylation sites (tertiary alicyclic amines) is 1. The molecule has 1 saturated heterocycles. The summed E-state index contributed by atoms with van der Waals surface area (Å²) >= 11 is 0. The predicted octanol–water partition coefficient (Wildman–Crippen LogP) is 3.75. The summed E-state index contributed by atoms with van der Waals surface area (Å²) < 4.78 is 2.17. The van der Waals surface area contributed by atoms with E-state index >= 15 is 0 Å². The van der Waals surface area contributed by atoms with E-state index in [2.05, 4.69) is 49.2 Å². The van der Waals surface area contributed by atoms with E-state index in [4.69, 9.17) is 5.10 Å². The first-order valence-corrected chi connectivity index (χ1v) is 9.99. The van der Waals surface area contributed by atoms with Crippen LogP contribution in [0, 0.1) is 13.8 Å². The van der Waals surface area contributed by atoms with Crippen LogP contribution >= 0.6 is 0 Å². The lowest BCUT2D eigenvalue weighted by Crippen LogP contribution is -2.44. The summed E-state index contributed by atoms with van der Waals surface area (Å²) in [4.78, 5) is 5.39. The number of aryl methyl sites for hydroxylation is 2. The van der Waals surface area contributed by atoms with E-state index in [1.807, 2.05) is 0 Å². The second kappa shape index (κ2) is 7.17. The van der Waals surface area contributed by atoms with Crippen molar-refractivity contribution in [1.29, 1.82) is 0 Å². The van der Waals surface area contributed by atoms with Crippen molar-refractivity contribution in [3.8, 4) is 0 Å². The fraction of sp³-hybridized carbons (Fsp3) is 0.850. The lowest BCUT2D eigenvalue weighted by molar-refractivity contribution is 0.0855. The van der Waals surface area contributed by atoms with Gasteiger partial charge in [0.25, 0.3) is 0 Å². The third kappa shape index (κ3) is 3.15. The van der Waals surface area contributed by atoms with Crippen molar-refractivity contribution < 1.29 is 0 Å². The second-order valence-electron chi connectivity index (χ2n) is 8.06. The number of aromatic nitrogens is 2. The zero-order chi connectivity index (χ0) is 17.3. The SMILES string of the molecule is CCN(C)[C@@H]1CN(Cc2c(C)nn(CC)c2C)C2(CCCCC2)C1. The molecule has 1 aliphatic carbocycles. The molecule has 3 rings (SSSR count). The molecular weight excluding hydrogens is 296 g/mol. The van der Waals surface area contributed by atoms with Crippen LogP contribution in [0.3, 0.4) is 0 Å². The van der Waals surface area contributed by atoms with Crippen molar-refractivity contribution in [2.24, 2.45) is 0 Å². The van der Waals surface area contributed by atoms with Crippen molar-refractivity contribution in [3.05, 3.63) is 17.0 Å². The molecule has 0 bridgehead atoms. The van der Waals surface area contributed by atoms with Crippen LogP contribution in [0.5, 0.6) is 0 Å². The number of hydrogen-bond donors (Lipinski definition) is 0. The largest absolute Gasteiger partial charge is 0.302 e. The highest BCUT2D eigenvalue weighted by Gasteiger charge is 2.46. The average Bonchev–Trinajstić information content (AvgIpc) is 3.07. The van der Waals surface area contributed by atoms with Gasteiger partial charge >= 0.3 is 0 Å². The summed E-state index contributed by atoms with van der Waals surface area (Å²) in [6.07, 6.45) is 8.38. The molecule has 2 heterocycles. The highest BCUT2D eigenvalue weighted by atomic mass is 15.3. The maximum atomic E-state index is 4.75. The van der Waals surface area contributed by atoms with Crippen LogP contribution in [-0.4, -0.2) is 51.3 Å². The predicted molar refractivity (Wildman–Crippen MR) is 100 cm³/mol. The van der Waals surface area contributed by atoms with E-state index in [9.17, 15) is 0 Å². The Balaban J connectivity index is 1.85. The topological polar surface area (TPSA) is 24.3 Å². The van der Waals surface area contributed by atoms with Crippen molar-refractivity contribution in [1.82, 2.24) is 19.6 Å². The third-order valence-corrected chi connectivity index (χ3v) is 6.80. The van der Waals surface area contributed by atoms with Crippen LogP contribution in [0.2, 0.25) is 0 Å². The van der Waals surface area contributed by atoms with Gasteiger partial charge in [0.2, 0.25) is 0 Å². The number of rotatable bonds is 5. The molecule has 1 aliphatic heterocycles. The third-order valence-electron chi connectivity index (χ3n) is 6.80. The van der Waals surface area contributed by atoms with Gasteiger partial charge in [0.15, 0.2) is 0 Å². The Morgan fingerprint density at radius 2 is 1.88 bits per heavy atom. The van der Waals surface area contributed by atoms with Crippen molar-refractivity contribution >= 4 is 0 Å². The molecule has 1 aromatic rings. The minimum Gasteiger partial charge on any atom is -0.302 e. The molecule has 136 valence electrons. The van der Waals surface area contributed by atoms with Gasteiger partial charge in [-0.15, -0.1) is 0 Å². The van der Waals surface area contributed by atoms with E-state index < -0.39 is 0 Å². The number of likely N-dealkylation sites (N-methyl/N-ethyl adjacent to an activating group) is 1. The molecule has 0 aromatic carbocycles. The molecule has 1 saturated carbocycles. The smallest absolute Gasteiger partial charge is 0.0641 e. The van der Waals surface area contributed by atoms with Gasteiger partial charge in [0, 0.05) is 42.5 Å². The summed E-state index contributed by atoms with van der Waals surface area (Å²) in [5.74, 6) is 0. The number of nitrogens with zero attached hydrogens (tertiary/aromatic N) is 4. The van der Waals surface area contributed by atoms with Crippen molar-refractivity contribution in [2.45, 2.75) is 90.9 Å². The van der Waals surface area contributed by atoms with Crippen LogP contribution in [0.1, 0.15) is 69.3 Å². The molecule has 0 unspecified atom stereocenters. The van der Waals surface area contributed by atoms with Crippen molar-refractivity contribution in [3.63, 3.8) is 0 Å². The molecule has 0 N–H and O–H groups in total. The summed E-state index contributed by atoms with van der Waals surface area (Å²) in [6, 6.07) is 0.718. The van der Waals surface area contributed by atoms with Gasteiger partial charge in [-0.3, -0.25) is 9.58 Å². The first kappa shape index (κ1) is 17.9. The second-order valence-corrected chi connectivity index (χ2v) is 8.06. The molecule has 1 aromatic heterocycles. The van der Waals surface area contributed by atoms with Gasteiger partial charge in [0.05, 0.1) is 5.69 Å². The van der Waals surface area contributed by atoms with Gasteiger partial charge < -0.3 is 4.90 Å². The van der Waals surface area contributed by atoms with Crippen LogP contribution < -0.4 is 0 Å². The van der Waals surface area contributed by atoms with Gasteiger partial charge in [-0.05, 0) is 53.6 Å². The van der Waals surface area contributed by atoms with Gasteiger partial charge in [-0.1, -0.05) is 26.2 Å². The minimum atomic E-state index is 0.444. The van der Waals surface area contributed by atoms with Crippen LogP contribution in [0.4, 0.5) is 0 Å². The molecule has 0 radical (unpaired) electrons. The molecule has 2 aliphatic rings. The monoisotopic (exact) mass is 332 g/mol. The molecule has 4 nitrogen and oxygen atoms in total. The standard InChI is InChI=1S/C20H36N4/c1-6-22(5)18-13-20(11-9-8-10-12-20)23(14-18)15-19-16(3)21-24(7-2)17(19)4/h18H,6-15H2,1-5H3/t18-/m0/s1. The van der Waals surface area contributed by atoms with Crippen LogP contribution in [-0.2, 0) is 13.1 Å². The Labute approximate surface area is 148 Å². The lowest BCUT2D eigenvalue weighted by atomic mass is 9.79. The van der Waals surface area contributed by atoms with E-state index in [1.54, 1.807) is 0 Å². The Morgan fingerprint density at radius 3 is 2.46 bits per heavy atom. The lowest BCUT2D eigenvalue weighted by Gasteiger charge is -2.41. The zero-order valence-electron chi connectivity index (χ0n) is 16.4. The Morgan fingerprint density at radius 1 is 1.17 bits per heavy atom. The van der Waals surface area contributed by atoms with Crippen LogP contribution in [0.25, 0.3) is 0 Å². The normalized spacial score (nSPS) is 24.3. The summed E-state index contributed by atoms with van der Waals surface area (Å²) in [5, 5.41) is 4.75. The van der Waals surface area contributed by atoms with Crippen molar-refractivity contribution in [2.75, 3.05) is 20.1 Å². The molecule has 0 amide bonds. The Hall–Kier alpha value is -0.870. The highest BCUT2D eigenvalue weighted by Crippen LogP contribution is 2.43. The zero-order valence-corrected chi connectivity index (χ0v) is 16.4. The molecule has 4 heteroatoms. The molecule has 2 fully saturated rings. The van der Waals surface area contributed by atoms with Gasteiger partial charge in [0.1, 0.15) is 0 Å². The summed E-state index contributed by atoms with van der Waals surface area (Å²) in [6.45, 7) is 13.3. The first-order chi connectivity index (χ1) is 11.5. The van der Waals surface area contributed by atoms with E-state index in [0.29, 0.717) is 5.54 Å². The summed E-state index contributed by atoms with van der Waals surface area (Å²) in [5.41, 5.74) is 4.52. The Bertz CT molecular complexity index is 556. The molecule has 1 atom stereocenters.